The Morgan fingerprint density at radius 1 is 0.945 bits per heavy atom. The molecule has 2 aliphatic heterocycles. The van der Waals surface area contributed by atoms with Crippen LogP contribution in [0.25, 0.3) is 39.3 Å². The molecule has 55 heavy (non-hydrogen) atoms. The molecule has 5 rings (SSSR count). The lowest BCUT2D eigenvalue weighted by Gasteiger charge is -2.18. The number of rotatable bonds is 13. The van der Waals surface area contributed by atoms with Crippen LogP contribution in [0.2, 0.25) is 0 Å². The van der Waals surface area contributed by atoms with Gasteiger partial charge in [-0.05, 0) is 93.3 Å². The minimum Gasteiger partial charge on any atom is -0.469 e. The lowest BCUT2D eigenvalue weighted by Crippen LogP contribution is -2.32. The van der Waals surface area contributed by atoms with E-state index in [1.165, 1.54) is 21.3 Å². The molecule has 2 aliphatic rings. The Labute approximate surface area is 321 Å². The van der Waals surface area contributed by atoms with Crippen molar-refractivity contribution < 1.29 is 33.4 Å². The number of aryl methyl sites for hydroxylation is 3. The second-order valence-corrected chi connectivity index (χ2v) is 14.1. The van der Waals surface area contributed by atoms with E-state index in [4.69, 9.17) is 29.9 Å². The highest BCUT2D eigenvalue weighted by Gasteiger charge is 2.37. The highest BCUT2D eigenvalue weighted by atomic mass is 16.5. The first kappa shape index (κ1) is 40.6. The number of hydrogen-bond acceptors (Lipinski definition) is 10. The highest BCUT2D eigenvalue weighted by molar-refractivity contribution is 6.29. The monoisotopic (exact) mass is 752 g/mol. The second kappa shape index (κ2) is 17.3. The van der Waals surface area contributed by atoms with E-state index in [0.717, 1.165) is 50.7 Å². The number of unbranched alkanes of at least 4 members (excludes halogenated alkanes) is 1. The average molecular weight is 753 g/mol. The topological polar surface area (TPSA) is 191 Å². The smallest absolute Gasteiger partial charge is 0.341 e. The highest BCUT2D eigenvalue weighted by Crippen LogP contribution is 2.44. The molecule has 0 aromatic carbocycles. The first-order valence-electron chi connectivity index (χ1n) is 18.7. The number of carbonyl (C=O) groups is 4. The van der Waals surface area contributed by atoms with Gasteiger partial charge in [0.25, 0.3) is 5.91 Å². The van der Waals surface area contributed by atoms with Gasteiger partial charge in [-0.1, -0.05) is 26.5 Å². The van der Waals surface area contributed by atoms with Crippen molar-refractivity contribution in [3.05, 3.63) is 75.4 Å². The normalized spacial score (nSPS) is 15.7. The van der Waals surface area contributed by atoms with Crippen LogP contribution in [0.15, 0.2) is 24.8 Å². The third-order valence-corrected chi connectivity index (χ3v) is 10.9. The molecule has 0 fully saturated rings. The number of nitrogens with two attached hydrogens (primary N) is 1. The van der Waals surface area contributed by atoms with Crippen molar-refractivity contribution in [2.45, 2.75) is 91.0 Å². The summed E-state index contributed by atoms with van der Waals surface area (Å²) in [6.07, 6.45) is 4.49. The zero-order valence-electron chi connectivity index (χ0n) is 33.0. The van der Waals surface area contributed by atoms with Crippen molar-refractivity contribution in [1.82, 2.24) is 25.3 Å². The Morgan fingerprint density at radius 3 is 2.31 bits per heavy atom. The molecule has 0 spiro atoms. The summed E-state index contributed by atoms with van der Waals surface area (Å²) >= 11 is 0. The van der Waals surface area contributed by atoms with Crippen LogP contribution >= 0.6 is 0 Å². The number of H-pyrrole nitrogens is 2. The number of carbonyl (C=O) groups excluding carboxylic acids is 4. The number of aromatic amines is 2. The minimum absolute atomic E-state index is 0.0553. The van der Waals surface area contributed by atoms with Crippen LogP contribution in [0.4, 0.5) is 0 Å². The largest absolute Gasteiger partial charge is 0.469 e. The molecular weight excluding hydrogens is 700 g/mol. The lowest BCUT2D eigenvalue weighted by atomic mass is 9.85. The van der Waals surface area contributed by atoms with E-state index < -0.39 is 35.8 Å². The standard InChI is InChI=1S/C42H52N6O7/c1-10-25-21(3)29-18-31-23(5)27(15-16-35(49)53-7)38(47-31)37(42(52)55-9)39-36(40(50)44-17-13-12-14-28(43)41(51)54-8)24(6)32(48-39)20-34-26(11-2)22(4)30(46-34)19-33(25)45-29/h10,18-20,23,27-28,45-46H,1,11-17,43H2,2-9H3,(H,44,50)/t23-,27-,28-/m0/s1. The van der Waals surface area contributed by atoms with Gasteiger partial charge in [-0.15, -0.1) is 0 Å². The SMILES string of the molecule is C=Cc1c(C)c2cc3nc(c(C(=O)OC)c4nc(cc5[nH]c(cc1[nH]2)c(C)c5CC)C(C)=C4C(=O)NCCCC[C@H](N)C(=O)OC)[C@@H](CCC(=O)OC)[C@@H]3C. The molecule has 3 atom stereocenters. The lowest BCUT2D eigenvalue weighted by molar-refractivity contribution is -0.142. The predicted molar refractivity (Wildman–Crippen MR) is 213 cm³/mol. The van der Waals surface area contributed by atoms with Crippen LogP contribution in [0.5, 0.6) is 0 Å². The summed E-state index contributed by atoms with van der Waals surface area (Å²) in [4.78, 5) is 69.8. The Hall–Kier alpha value is -5.56. The molecule has 0 saturated carbocycles. The van der Waals surface area contributed by atoms with Gasteiger partial charge in [0.05, 0.1) is 44.0 Å². The van der Waals surface area contributed by atoms with Crippen molar-refractivity contribution in [1.29, 1.82) is 0 Å². The van der Waals surface area contributed by atoms with Crippen molar-refractivity contribution in [2.24, 2.45) is 5.73 Å². The molecule has 13 heteroatoms. The Morgan fingerprint density at radius 2 is 1.65 bits per heavy atom. The first-order chi connectivity index (χ1) is 26.3. The molecule has 3 aromatic heterocycles. The molecule has 0 aliphatic carbocycles. The maximum absolute atomic E-state index is 14.2. The van der Waals surface area contributed by atoms with E-state index in [9.17, 15) is 19.2 Å². The number of nitrogens with zero attached hydrogens (tertiary/aromatic N) is 2. The summed E-state index contributed by atoms with van der Waals surface area (Å²) in [7, 11) is 3.91. The zero-order chi connectivity index (χ0) is 40.1. The van der Waals surface area contributed by atoms with Crippen LogP contribution < -0.4 is 11.1 Å². The number of methoxy groups -OCH3 is 3. The molecule has 13 nitrogen and oxygen atoms in total. The molecule has 3 aromatic rings. The summed E-state index contributed by atoms with van der Waals surface area (Å²) in [5.41, 5.74) is 16.0. The average Bonchev–Trinajstić information content (AvgIpc) is 3.85. The number of allylic oxidation sites excluding steroid dienone is 1. The number of nitrogens with one attached hydrogen (secondary N) is 3. The van der Waals surface area contributed by atoms with E-state index in [-0.39, 0.29) is 35.7 Å². The Bertz CT molecular complexity index is 2230. The molecule has 5 N–H and O–H groups in total. The van der Waals surface area contributed by atoms with Gasteiger partial charge in [0.1, 0.15) is 11.6 Å². The molecule has 5 heterocycles. The molecule has 8 bridgehead atoms. The van der Waals surface area contributed by atoms with Gasteiger partial charge in [-0.3, -0.25) is 19.4 Å². The maximum atomic E-state index is 14.2. The number of esters is 3. The summed E-state index contributed by atoms with van der Waals surface area (Å²) in [6, 6.07) is 5.21. The van der Waals surface area contributed by atoms with Crippen LogP contribution in [-0.4, -0.2) is 77.7 Å². The second-order valence-electron chi connectivity index (χ2n) is 14.1. The van der Waals surface area contributed by atoms with Gasteiger partial charge in [0.2, 0.25) is 0 Å². The number of amides is 1. The first-order valence-corrected chi connectivity index (χ1v) is 18.7. The van der Waals surface area contributed by atoms with Crippen molar-refractivity contribution >= 4 is 63.1 Å². The molecular formula is C42H52N6O7. The van der Waals surface area contributed by atoms with Crippen LogP contribution in [0.1, 0.15) is 120 Å². The summed E-state index contributed by atoms with van der Waals surface area (Å²) < 4.78 is 15.1. The van der Waals surface area contributed by atoms with Crippen LogP contribution in [-0.2, 0) is 35.0 Å². The maximum Gasteiger partial charge on any atom is 0.341 e. The summed E-state index contributed by atoms with van der Waals surface area (Å²) in [6.45, 7) is 14.4. The van der Waals surface area contributed by atoms with Gasteiger partial charge in [0.15, 0.2) is 0 Å². The fraction of sp³-hybridized carbons (Fsp3) is 0.429. The van der Waals surface area contributed by atoms with Crippen molar-refractivity contribution in [2.75, 3.05) is 27.9 Å². The number of aromatic nitrogens is 4. The van der Waals surface area contributed by atoms with E-state index in [1.54, 1.807) is 0 Å². The summed E-state index contributed by atoms with van der Waals surface area (Å²) in [5.74, 6) is -2.68. The van der Waals surface area contributed by atoms with E-state index in [0.29, 0.717) is 48.3 Å². The number of ether oxygens (including phenoxy) is 3. The number of hydrogen-bond donors (Lipinski definition) is 4. The van der Waals surface area contributed by atoms with Crippen LogP contribution in [0, 0.1) is 13.8 Å². The predicted octanol–water partition coefficient (Wildman–Crippen LogP) is 6.48. The van der Waals surface area contributed by atoms with E-state index in [1.807, 2.05) is 39.0 Å². The summed E-state index contributed by atoms with van der Waals surface area (Å²) in [5, 5.41) is 2.99. The fourth-order valence-electron chi connectivity index (χ4n) is 7.58. The molecule has 1 amide bonds. The number of fused-ring (bicyclic) bond motifs is 8. The van der Waals surface area contributed by atoms with Crippen molar-refractivity contribution in [3.8, 4) is 0 Å². The van der Waals surface area contributed by atoms with Crippen molar-refractivity contribution in [3.63, 3.8) is 0 Å². The quantitative estimate of drug-likeness (QED) is 0.0854. The third kappa shape index (κ3) is 8.12. The fourth-order valence-corrected chi connectivity index (χ4v) is 7.58. The zero-order valence-corrected chi connectivity index (χ0v) is 33.0. The van der Waals surface area contributed by atoms with Gasteiger partial charge in [-0.25, -0.2) is 9.78 Å². The van der Waals surface area contributed by atoms with Gasteiger partial charge in [-0.2, -0.15) is 0 Å². The van der Waals surface area contributed by atoms with E-state index >= 15 is 0 Å². The van der Waals surface area contributed by atoms with E-state index in [2.05, 4.69) is 41.8 Å². The molecule has 292 valence electrons. The molecule has 0 saturated heterocycles. The van der Waals surface area contributed by atoms with Gasteiger partial charge >= 0.3 is 17.9 Å². The molecule has 0 unspecified atom stereocenters. The van der Waals surface area contributed by atoms with Gasteiger partial charge in [0, 0.05) is 58.1 Å². The Balaban J connectivity index is 1.81. The third-order valence-electron chi connectivity index (χ3n) is 10.9. The minimum atomic E-state index is -0.746. The van der Waals surface area contributed by atoms with Gasteiger partial charge < -0.3 is 35.2 Å². The van der Waals surface area contributed by atoms with Crippen LogP contribution in [0.3, 0.4) is 0 Å². The molecule has 0 radical (unpaired) electrons. The Kier molecular flexibility index (Phi) is 12.8.